The normalized spacial score (nSPS) is 23.4. The Morgan fingerprint density at radius 2 is 1.95 bits per heavy atom. The highest BCUT2D eigenvalue weighted by molar-refractivity contribution is 7.89. The van der Waals surface area contributed by atoms with Crippen molar-refractivity contribution in [3.8, 4) is 11.5 Å². The fraction of sp³-hybridized carbons (Fsp3) is 0.462. The molecule has 3 rings (SSSR count). The lowest BCUT2D eigenvalue weighted by Gasteiger charge is -2.33. The largest absolute Gasteiger partial charge is 0.486 e. The van der Waals surface area contributed by atoms with Gasteiger partial charge in [-0.1, -0.05) is 6.92 Å². The van der Waals surface area contributed by atoms with Gasteiger partial charge in [0.25, 0.3) is 0 Å². The molecule has 0 unspecified atom stereocenters. The van der Waals surface area contributed by atoms with E-state index in [0.717, 1.165) is 4.31 Å². The quantitative estimate of drug-likeness (QED) is 0.853. The van der Waals surface area contributed by atoms with E-state index in [4.69, 9.17) is 9.47 Å². The molecular formula is C13H15NO6S. The number of carboxylic acid groups (broad SMARTS) is 1. The first kappa shape index (κ1) is 14.2. The summed E-state index contributed by atoms with van der Waals surface area (Å²) in [5, 5.41) is 9.27. The Bertz CT molecular complexity index is 699. The van der Waals surface area contributed by atoms with Crippen molar-refractivity contribution >= 4 is 16.0 Å². The van der Waals surface area contributed by atoms with E-state index in [1.54, 1.807) is 13.0 Å². The Morgan fingerprint density at radius 1 is 1.33 bits per heavy atom. The zero-order valence-corrected chi connectivity index (χ0v) is 12.2. The molecule has 0 amide bonds. The molecule has 0 aliphatic carbocycles. The maximum atomic E-state index is 12.6. The van der Waals surface area contributed by atoms with Crippen molar-refractivity contribution in [3.05, 3.63) is 17.7 Å². The summed E-state index contributed by atoms with van der Waals surface area (Å²) >= 11 is 0. The Labute approximate surface area is 122 Å². The summed E-state index contributed by atoms with van der Waals surface area (Å²) < 4.78 is 37.0. The van der Waals surface area contributed by atoms with Crippen molar-refractivity contribution in [2.75, 3.05) is 19.8 Å². The van der Waals surface area contributed by atoms with Crippen LogP contribution >= 0.6 is 0 Å². The Morgan fingerprint density at radius 3 is 2.52 bits per heavy atom. The fourth-order valence-corrected chi connectivity index (χ4v) is 4.54. The summed E-state index contributed by atoms with van der Waals surface area (Å²) in [6.07, 6.45) is 0.119. The minimum atomic E-state index is -3.84. The molecule has 114 valence electrons. The highest BCUT2D eigenvalue weighted by atomic mass is 32.2. The molecule has 0 aromatic heterocycles. The second-order valence-electron chi connectivity index (χ2n) is 4.87. The minimum Gasteiger partial charge on any atom is -0.486 e. The molecule has 1 aromatic carbocycles. The molecule has 1 atom stereocenters. The van der Waals surface area contributed by atoms with Crippen LogP contribution in [0, 0.1) is 0 Å². The number of aliphatic carboxylic acids is 1. The number of rotatable bonds is 2. The number of hydrogen-bond acceptors (Lipinski definition) is 5. The van der Waals surface area contributed by atoms with Gasteiger partial charge in [-0.2, -0.15) is 4.31 Å². The first-order valence-corrected chi connectivity index (χ1v) is 8.06. The number of likely N-dealkylation sites (N-methyl/N-ethyl adjacent to an activating group) is 1. The Kier molecular flexibility index (Phi) is 3.29. The number of nitrogens with zero attached hydrogens (tertiary/aromatic N) is 1. The van der Waals surface area contributed by atoms with Crippen LogP contribution in [0.15, 0.2) is 17.0 Å². The Hall–Kier alpha value is -1.80. The molecule has 2 aliphatic heterocycles. The molecule has 8 heteroatoms. The van der Waals surface area contributed by atoms with E-state index in [0.29, 0.717) is 30.3 Å². The van der Waals surface area contributed by atoms with Gasteiger partial charge in [0.15, 0.2) is 11.5 Å². The van der Waals surface area contributed by atoms with Crippen molar-refractivity contribution in [2.24, 2.45) is 0 Å². The standard InChI is InChI=1S/C13H15NO6S/c1-2-14-9(13(15)16)5-8-6-10-11(20-4-3-19-10)7-12(8)21(14,17)18/h6-7,9H,2-5H2,1H3,(H,15,16)/t9-/m1/s1. The summed E-state index contributed by atoms with van der Waals surface area (Å²) in [6, 6.07) is 1.92. The first-order valence-electron chi connectivity index (χ1n) is 6.62. The van der Waals surface area contributed by atoms with E-state index in [-0.39, 0.29) is 17.9 Å². The number of carboxylic acids is 1. The van der Waals surface area contributed by atoms with E-state index in [2.05, 4.69) is 0 Å². The van der Waals surface area contributed by atoms with Crippen LogP contribution in [-0.2, 0) is 21.2 Å². The third kappa shape index (κ3) is 2.14. The summed E-state index contributed by atoms with van der Waals surface area (Å²) in [4.78, 5) is 11.5. The van der Waals surface area contributed by atoms with Gasteiger partial charge in [-0.05, 0) is 11.6 Å². The van der Waals surface area contributed by atoms with E-state index >= 15 is 0 Å². The van der Waals surface area contributed by atoms with Gasteiger partial charge in [-0.15, -0.1) is 0 Å². The predicted octanol–water partition coefficient (Wildman–Crippen LogP) is 0.478. The average Bonchev–Trinajstić information content (AvgIpc) is 2.45. The maximum Gasteiger partial charge on any atom is 0.322 e. The SMILES string of the molecule is CCN1[C@@H](C(=O)O)Cc2cc3c(cc2S1(=O)=O)OCCO3. The summed E-state index contributed by atoms with van der Waals surface area (Å²) in [7, 11) is -3.84. The maximum absolute atomic E-state index is 12.6. The van der Waals surface area contributed by atoms with Gasteiger partial charge >= 0.3 is 5.97 Å². The van der Waals surface area contributed by atoms with E-state index in [1.807, 2.05) is 0 Å². The summed E-state index contributed by atoms with van der Waals surface area (Å²) in [5.41, 5.74) is 0.455. The van der Waals surface area contributed by atoms with Crippen molar-refractivity contribution < 1.29 is 27.8 Å². The third-order valence-corrected chi connectivity index (χ3v) is 5.74. The lowest BCUT2D eigenvalue weighted by atomic mass is 10.0. The number of carbonyl (C=O) groups is 1. The van der Waals surface area contributed by atoms with Crippen LogP contribution in [0.1, 0.15) is 12.5 Å². The first-order chi connectivity index (χ1) is 9.95. The topological polar surface area (TPSA) is 93.1 Å². The number of ether oxygens (including phenoxy) is 2. The zero-order chi connectivity index (χ0) is 15.2. The third-order valence-electron chi connectivity index (χ3n) is 3.67. The average molecular weight is 313 g/mol. The molecule has 0 fully saturated rings. The van der Waals surface area contributed by atoms with Crippen LogP contribution in [0.5, 0.6) is 11.5 Å². The predicted molar refractivity (Wildman–Crippen MR) is 72.1 cm³/mol. The van der Waals surface area contributed by atoms with E-state index in [1.165, 1.54) is 6.07 Å². The molecule has 0 radical (unpaired) electrons. The van der Waals surface area contributed by atoms with Crippen LogP contribution in [0.2, 0.25) is 0 Å². The highest BCUT2D eigenvalue weighted by Gasteiger charge is 2.42. The monoisotopic (exact) mass is 313 g/mol. The lowest BCUT2D eigenvalue weighted by molar-refractivity contribution is -0.141. The van der Waals surface area contributed by atoms with E-state index < -0.39 is 22.0 Å². The summed E-state index contributed by atoms with van der Waals surface area (Å²) in [6.45, 7) is 2.48. The van der Waals surface area contributed by atoms with Crippen LogP contribution in [0.4, 0.5) is 0 Å². The van der Waals surface area contributed by atoms with Gasteiger partial charge in [0, 0.05) is 19.0 Å². The molecule has 7 nitrogen and oxygen atoms in total. The number of hydrogen-bond donors (Lipinski definition) is 1. The molecule has 0 saturated carbocycles. The fourth-order valence-electron chi connectivity index (χ4n) is 2.72. The number of sulfonamides is 1. The number of benzene rings is 1. The molecule has 21 heavy (non-hydrogen) atoms. The highest BCUT2D eigenvalue weighted by Crippen LogP contribution is 2.39. The van der Waals surface area contributed by atoms with Crippen molar-refractivity contribution in [1.29, 1.82) is 0 Å². The van der Waals surface area contributed by atoms with Gasteiger partial charge < -0.3 is 14.6 Å². The second-order valence-corrected chi connectivity index (χ2v) is 6.73. The molecule has 0 spiro atoms. The molecule has 1 N–H and O–H groups in total. The lowest BCUT2D eigenvalue weighted by Crippen LogP contribution is -2.49. The molecule has 2 heterocycles. The molecular weight excluding hydrogens is 298 g/mol. The van der Waals surface area contributed by atoms with Crippen LogP contribution in [0.3, 0.4) is 0 Å². The van der Waals surface area contributed by atoms with Gasteiger partial charge in [-0.25, -0.2) is 8.42 Å². The van der Waals surface area contributed by atoms with Gasteiger partial charge in [0.2, 0.25) is 10.0 Å². The van der Waals surface area contributed by atoms with E-state index in [9.17, 15) is 18.3 Å². The second kappa shape index (κ2) is 4.88. The van der Waals surface area contributed by atoms with Gasteiger partial charge in [0.1, 0.15) is 19.3 Å². The molecule has 2 aliphatic rings. The van der Waals surface area contributed by atoms with Gasteiger partial charge in [-0.3, -0.25) is 4.79 Å². The summed E-state index contributed by atoms with van der Waals surface area (Å²) in [5.74, 6) is -0.307. The van der Waals surface area contributed by atoms with Crippen molar-refractivity contribution in [3.63, 3.8) is 0 Å². The Balaban J connectivity index is 2.17. The number of fused-ring (bicyclic) bond motifs is 2. The molecule has 0 bridgehead atoms. The smallest absolute Gasteiger partial charge is 0.322 e. The molecule has 1 aromatic rings. The van der Waals surface area contributed by atoms with Crippen molar-refractivity contribution in [2.45, 2.75) is 24.3 Å². The van der Waals surface area contributed by atoms with Crippen LogP contribution < -0.4 is 9.47 Å². The van der Waals surface area contributed by atoms with Crippen LogP contribution in [-0.4, -0.2) is 49.6 Å². The van der Waals surface area contributed by atoms with Crippen LogP contribution in [0.25, 0.3) is 0 Å². The zero-order valence-electron chi connectivity index (χ0n) is 11.4. The van der Waals surface area contributed by atoms with Crippen molar-refractivity contribution in [1.82, 2.24) is 4.31 Å². The minimum absolute atomic E-state index is 0.103. The molecule has 0 saturated heterocycles. The van der Waals surface area contributed by atoms with Gasteiger partial charge in [0.05, 0.1) is 4.90 Å².